The number of aromatic nitrogens is 1. The van der Waals surface area contributed by atoms with Crippen LogP contribution in [0, 0.1) is 6.92 Å². The maximum Gasteiger partial charge on any atom is 0.338 e. The number of rotatable bonds is 4. The molecule has 0 aliphatic heterocycles. The fraction of sp³-hybridized carbons (Fsp3) is 0.200. The Balaban J connectivity index is 2.13. The number of pyridine rings is 1. The van der Waals surface area contributed by atoms with E-state index in [4.69, 9.17) is 4.74 Å². The minimum Gasteiger partial charge on any atom is -0.506 e. The van der Waals surface area contributed by atoms with Gasteiger partial charge >= 0.3 is 5.97 Å². The molecule has 1 aromatic heterocycles. The predicted molar refractivity (Wildman–Crippen MR) is 75.7 cm³/mol. The van der Waals surface area contributed by atoms with E-state index in [0.717, 1.165) is 16.9 Å². The summed E-state index contributed by atoms with van der Waals surface area (Å²) in [5.41, 5.74) is 3.02. The number of hydrogen-bond acceptors (Lipinski definition) is 5. The lowest BCUT2D eigenvalue weighted by molar-refractivity contribution is 0.0600. The van der Waals surface area contributed by atoms with Crippen LogP contribution in [0.4, 0.5) is 5.69 Å². The van der Waals surface area contributed by atoms with Gasteiger partial charge in [0.15, 0.2) is 0 Å². The molecule has 0 bridgehead atoms. The normalized spacial score (nSPS) is 10.1. The number of hydrogen-bond donors (Lipinski definition) is 2. The summed E-state index contributed by atoms with van der Waals surface area (Å²) in [5, 5.41) is 12.4. The first-order valence-corrected chi connectivity index (χ1v) is 6.17. The highest BCUT2D eigenvalue weighted by molar-refractivity contribution is 5.92. The van der Waals surface area contributed by atoms with Gasteiger partial charge in [-0.15, -0.1) is 0 Å². The third-order valence-corrected chi connectivity index (χ3v) is 3.01. The molecule has 0 atom stereocenters. The number of carbonyl (C=O) groups is 1. The van der Waals surface area contributed by atoms with E-state index < -0.39 is 0 Å². The van der Waals surface area contributed by atoms with E-state index in [0.29, 0.717) is 12.1 Å². The van der Waals surface area contributed by atoms with Gasteiger partial charge in [0.1, 0.15) is 5.75 Å². The molecule has 20 heavy (non-hydrogen) atoms. The average molecular weight is 272 g/mol. The zero-order valence-corrected chi connectivity index (χ0v) is 11.4. The second-order valence-corrected chi connectivity index (χ2v) is 4.33. The van der Waals surface area contributed by atoms with Gasteiger partial charge in [-0.25, -0.2) is 4.79 Å². The van der Waals surface area contributed by atoms with Gasteiger partial charge in [0.05, 0.1) is 31.1 Å². The van der Waals surface area contributed by atoms with E-state index in [1.165, 1.54) is 13.3 Å². The average Bonchev–Trinajstić information content (AvgIpc) is 2.47. The minimum absolute atomic E-state index is 0.137. The highest BCUT2D eigenvalue weighted by Gasteiger charge is 2.11. The van der Waals surface area contributed by atoms with Gasteiger partial charge in [0, 0.05) is 5.69 Å². The van der Waals surface area contributed by atoms with Crippen LogP contribution >= 0.6 is 0 Å². The Kier molecular flexibility index (Phi) is 4.20. The third-order valence-electron chi connectivity index (χ3n) is 3.01. The van der Waals surface area contributed by atoms with Crippen LogP contribution < -0.4 is 5.32 Å². The van der Waals surface area contributed by atoms with Crippen molar-refractivity contribution in [3.63, 3.8) is 0 Å². The number of carbonyl (C=O) groups excluding carboxylic acids is 1. The molecule has 2 aromatic rings. The summed E-state index contributed by atoms with van der Waals surface area (Å²) < 4.78 is 4.74. The number of ether oxygens (including phenoxy) is 1. The fourth-order valence-electron chi connectivity index (χ4n) is 1.87. The van der Waals surface area contributed by atoms with E-state index in [1.54, 1.807) is 24.3 Å². The quantitative estimate of drug-likeness (QED) is 0.837. The maximum atomic E-state index is 11.6. The van der Waals surface area contributed by atoms with Crippen molar-refractivity contribution in [1.29, 1.82) is 0 Å². The lowest BCUT2D eigenvalue weighted by atomic mass is 10.1. The predicted octanol–water partition coefficient (Wildman–Crippen LogP) is 2.49. The van der Waals surface area contributed by atoms with Crippen molar-refractivity contribution in [2.75, 3.05) is 12.4 Å². The number of methoxy groups -OCH3 is 1. The summed E-state index contributed by atoms with van der Waals surface area (Å²) in [6.07, 6.45) is 1.40. The van der Waals surface area contributed by atoms with Gasteiger partial charge < -0.3 is 15.2 Å². The van der Waals surface area contributed by atoms with Crippen molar-refractivity contribution in [3.05, 3.63) is 53.3 Å². The van der Waals surface area contributed by atoms with Crippen molar-refractivity contribution in [1.82, 2.24) is 4.98 Å². The molecule has 0 amide bonds. The molecule has 0 aliphatic carbocycles. The van der Waals surface area contributed by atoms with E-state index >= 15 is 0 Å². The van der Waals surface area contributed by atoms with Gasteiger partial charge in [0.2, 0.25) is 0 Å². The molecular formula is C15H16N2O3. The maximum absolute atomic E-state index is 11.6. The highest BCUT2D eigenvalue weighted by Crippen LogP contribution is 2.20. The van der Waals surface area contributed by atoms with Gasteiger partial charge in [-0.1, -0.05) is 6.07 Å². The number of anilines is 1. The molecule has 5 nitrogen and oxygen atoms in total. The van der Waals surface area contributed by atoms with Crippen molar-refractivity contribution in [3.8, 4) is 5.75 Å². The molecule has 0 unspecified atom stereocenters. The largest absolute Gasteiger partial charge is 0.506 e. The van der Waals surface area contributed by atoms with Crippen molar-refractivity contribution in [2.45, 2.75) is 13.5 Å². The second-order valence-electron chi connectivity index (χ2n) is 4.33. The standard InChI is InChI=1S/C15H16N2O3/c1-10-13(15(19)20-2)4-3-5-14(10)17-8-11-6-7-12(18)9-16-11/h3-7,9,17-18H,8H2,1-2H3. The smallest absolute Gasteiger partial charge is 0.338 e. The first-order valence-electron chi connectivity index (χ1n) is 6.17. The highest BCUT2D eigenvalue weighted by atomic mass is 16.5. The number of nitrogens with one attached hydrogen (secondary N) is 1. The summed E-state index contributed by atoms with van der Waals surface area (Å²) in [4.78, 5) is 15.7. The van der Waals surface area contributed by atoms with Crippen LogP contribution in [0.2, 0.25) is 0 Å². The lowest BCUT2D eigenvalue weighted by Gasteiger charge is -2.12. The number of esters is 1. The van der Waals surface area contributed by atoms with Gasteiger partial charge in [0.25, 0.3) is 0 Å². The minimum atomic E-state index is -0.353. The summed E-state index contributed by atoms with van der Waals surface area (Å²) >= 11 is 0. The molecule has 1 heterocycles. The van der Waals surface area contributed by atoms with Crippen LogP contribution in [-0.2, 0) is 11.3 Å². The first kappa shape index (κ1) is 13.9. The Morgan fingerprint density at radius 2 is 2.15 bits per heavy atom. The number of nitrogens with zero attached hydrogens (tertiary/aromatic N) is 1. The summed E-state index contributed by atoms with van der Waals surface area (Å²) in [6.45, 7) is 2.37. The SMILES string of the molecule is COC(=O)c1cccc(NCc2ccc(O)cn2)c1C. The van der Waals surface area contributed by atoms with E-state index in [9.17, 15) is 9.90 Å². The van der Waals surface area contributed by atoms with Gasteiger partial charge in [-0.2, -0.15) is 0 Å². The van der Waals surface area contributed by atoms with Gasteiger partial charge in [-0.05, 0) is 36.8 Å². The zero-order chi connectivity index (χ0) is 14.5. The van der Waals surface area contributed by atoms with Crippen LogP contribution in [0.1, 0.15) is 21.6 Å². The molecule has 0 saturated carbocycles. The van der Waals surface area contributed by atoms with E-state index in [2.05, 4.69) is 10.3 Å². The summed E-state index contributed by atoms with van der Waals surface area (Å²) in [7, 11) is 1.36. The van der Waals surface area contributed by atoms with Crippen LogP contribution in [0.15, 0.2) is 36.5 Å². The molecule has 2 rings (SSSR count). The van der Waals surface area contributed by atoms with Gasteiger partial charge in [-0.3, -0.25) is 4.98 Å². The fourth-order valence-corrected chi connectivity index (χ4v) is 1.87. The van der Waals surface area contributed by atoms with E-state index in [-0.39, 0.29) is 11.7 Å². The number of aromatic hydroxyl groups is 1. The van der Waals surface area contributed by atoms with Crippen molar-refractivity contribution < 1.29 is 14.6 Å². The molecule has 104 valence electrons. The monoisotopic (exact) mass is 272 g/mol. The Bertz CT molecular complexity index is 609. The Labute approximate surface area is 117 Å². The molecule has 0 spiro atoms. The molecular weight excluding hydrogens is 256 g/mol. The molecule has 0 aliphatic rings. The molecule has 0 saturated heterocycles. The molecule has 0 fully saturated rings. The van der Waals surface area contributed by atoms with E-state index in [1.807, 2.05) is 13.0 Å². The van der Waals surface area contributed by atoms with Crippen LogP contribution in [0.5, 0.6) is 5.75 Å². The first-order chi connectivity index (χ1) is 9.61. The summed E-state index contributed by atoms with van der Waals surface area (Å²) in [6, 6.07) is 8.74. The molecule has 1 aromatic carbocycles. The van der Waals surface area contributed by atoms with Crippen molar-refractivity contribution >= 4 is 11.7 Å². The second kappa shape index (κ2) is 6.06. The van der Waals surface area contributed by atoms with Crippen LogP contribution in [0.25, 0.3) is 0 Å². The Hall–Kier alpha value is -2.56. The summed E-state index contributed by atoms with van der Waals surface area (Å²) in [5.74, 6) is -0.216. The Morgan fingerprint density at radius 1 is 1.35 bits per heavy atom. The zero-order valence-electron chi connectivity index (χ0n) is 11.4. The third kappa shape index (κ3) is 3.06. The van der Waals surface area contributed by atoms with Crippen molar-refractivity contribution in [2.24, 2.45) is 0 Å². The number of benzene rings is 1. The van der Waals surface area contributed by atoms with Crippen LogP contribution in [-0.4, -0.2) is 23.2 Å². The topological polar surface area (TPSA) is 71.5 Å². The molecule has 2 N–H and O–H groups in total. The molecule has 0 radical (unpaired) electrons. The molecule has 5 heteroatoms. The van der Waals surface area contributed by atoms with Crippen LogP contribution in [0.3, 0.4) is 0 Å². The Morgan fingerprint density at radius 3 is 2.80 bits per heavy atom. The lowest BCUT2D eigenvalue weighted by Crippen LogP contribution is -2.08.